The SMILES string of the molecule is CC(C)(C)[Si](C)(C)OCCC1CCN(N)CC1. The van der Waals surface area contributed by atoms with Gasteiger partial charge in [-0.3, -0.25) is 5.84 Å². The van der Waals surface area contributed by atoms with Crippen LogP contribution in [0.3, 0.4) is 0 Å². The monoisotopic (exact) mass is 258 g/mol. The fraction of sp³-hybridized carbons (Fsp3) is 1.00. The molecular formula is C13H30N2OSi. The number of hydrazine groups is 1. The zero-order valence-corrected chi connectivity index (χ0v) is 13.3. The highest BCUT2D eigenvalue weighted by Gasteiger charge is 2.37. The van der Waals surface area contributed by atoms with Crippen molar-refractivity contribution >= 4 is 8.32 Å². The lowest BCUT2D eigenvalue weighted by Gasteiger charge is -2.37. The van der Waals surface area contributed by atoms with Gasteiger partial charge in [-0.25, -0.2) is 5.01 Å². The summed E-state index contributed by atoms with van der Waals surface area (Å²) in [6, 6.07) is 0. The molecule has 1 fully saturated rings. The third kappa shape index (κ3) is 4.70. The number of rotatable bonds is 4. The van der Waals surface area contributed by atoms with Gasteiger partial charge in [0.1, 0.15) is 0 Å². The smallest absolute Gasteiger partial charge is 0.191 e. The normalized spacial score (nSPS) is 20.8. The third-order valence-electron chi connectivity index (χ3n) is 4.44. The van der Waals surface area contributed by atoms with Gasteiger partial charge in [0.2, 0.25) is 0 Å². The lowest BCUT2D eigenvalue weighted by Crippen LogP contribution is -2.42. The molecule has 0 bridgehead atoms. The van der Waals surface area contributed by atoms with Crippen molar-refractivity contribution in [2.45, 2.75) is 58.2 Å². The van der Waals surface area contributed by atoms with Crippen LogP contribution in [0.1, 0.15) is 40.0 Å². The molecule has 17 heavy (non-hydrogen) atoms. The Morgan fingerprint density at radius 2 is 1.76 bits per heavy atom. The van der Waals surface area contributed by atoms with Crippen LogP contribution in [0.25, 0.3) is 0 Å². The van der Waals surface area contributed by atoms with Gasteiger partial charge < -0.3 is 4.43 Å². The van der Waals surface area contributed by atoms with Gasteiger partial charge in [-0.2, -0.15) is 0 Å². The van der Waals surface area contributed by atoms with Crippen molar-refractivity contribution in [3.63, 3.8) is 0 Å². The molecule has 0 atom stereocenters. The van der Waals surface area contributed by atoms with Gasteiger partial charge in [-0.05, 0) is 43.3 Å². The Bertz CT molecular complexity index is 230. The predicted octanol–water partition coefficient (Wildman–Crippen LogP) is 2.98. The number of hydrogen-bond donors (Lipinski definition) is 1. The summed E-state index contributed by atoms with van der Waals surface area (Å²) in [5.74, 6) is 6.58. The summed E-state index contributed by atoms with van der Waals surface area (Å²) < 4.78 is 6.22. The fourth-order valence-electron chi connectivity index (χ4n) is 1.94. The van der Waals surface area contributed by atoms with Gasteiger partial charge >= 0.3 is 0 Å². The first kappa shape index (κ1) is 15.2. The van der Waals surface area contributed by atoms with Crippen molar-refractivity contribution < 1.29 is 4.43 Å². The lowest BCUT2D eigenvalue weighted by molar-refractivity contribution is 0.162. The van der Waals surface area contributed by atoms with Crippen molar-refractivity contribution in [1.29, 1.82) is 0 Å². The molecule has 1 aliphatic rings. The predicted molar refractivity (Wildman–Crippen MR) is 76.3 cm³/mol. The summed E-state index contributed by atoms with van der Waals surface area (Å²) in [6.45, 7) is 14.6. The highest BCUT2D eigenvalue weighted by molar-refractivity contribution is 6.74. The fourth-order valence-corrected chi connectivity index (χ4v) is 3.00. The molecule has 0 saturated carbocycles. The molecule has 102 valence electrons. The van der Waals surface area contributed by atoms with Crippen LogP contribution in [0.2, 0.25) is 18.1 Å². The third-order valence-corrected chi connectivity index (χ3v) is 8.98. The summed E-state index contributed by atoms with van der Waals surface area (Å²) in [5, 5.41) is 2.26. The second-order valence-electron chi connectivity index (χ2n) is 6.88. The average Bonchev–Trinajstić information content (AvgIpc) is 2.19. The number of piperidine rings is 1. The number of nitrogens with two attached hydrogens (primary N) is 1. The lowest BCUT2D eigenvalue weighted by atomic mass is 9.95. The summed E-state index contributed by atoms with van der Waals surface area (Å²) >= 11 is 0. The summed E-state index contributed by atoms with van der Waals surface area (Å²) in [5.41, 5.74) is 0. The Hall–Kier alpha value is 0.0969. The van der Waals surface area contributed by atoms with Gasteiger partial charge in [0.25, 0.3) is 0 Å². The molecule has 0 unspecified atom stereocenters. The van der Waals surface area contributed by atoms with E-state index in [4.69, 9.17) is 10.3 Å². The first-order valence-corrected chi connectivity index (χ1v) is 9.77. The largest absolute Gasteiger partial charge is 0.417 e. The summed E-state index contributed by atoms with van der Waals surface area (Å²) in [4.78, 5) is 0. The Labute approximate surface area is 108 Å². The van der Waals surface area contributed by atoms with Crippen LogP contribution < -0.4 is 5.84 Å². The molecule has 1 heterocycles. The van der Waals surface area contributed by atoms with Crippen LogP contribution in [-0.4, -0.2) is 33.0 Å². The molecule has 0 spiro atoms. The first-order chi connectivity index (χ1) is 7.72. The zero-order valence-electron chi connectivity index (χ0n) is 12.3. The zero-order chi connectivity index (χ0) is 13.1. The molecule has 0 aromatic rings. The van der Waals surface area contributed by atoms with Crippen LogP contribution in [0.15, 0.2) is 0 Å². The maximum atomic E-state index is 6.22. The minimum atomic E-state index is -1.54. The summed E-state index contributed by atoms with van der Waals surface area (Å²) in [6.07, 6.45) is 3.68. The van der Waals surface area contributed by atoms with Crippen molar-refractivity contribution in [1.82, 2.24) is 5.01 Å². The van der Waals surface area contributed by atoms with E-state index in [-0.39, 0.29) is 0 Å². The van der Waals surface area contributed by atoms with E-state index in [9.17, 15) is 0 Å². The van der Waals surface area contributed by atoms with Crippen LogP contribution in [0, 0.1) is 5.92 Å². The van der Waals surface area contributed by atoms with Crippen LogP contribution in [0.5, 0.6) is 0 Å². The first-order valence-electron chi connectivity index (χ1n) is 6.86. The maximum Gasteiger partial charge on any atom is 0.191 e. The average molecular weight is 258 g/mol. The quantitative estimate of drug-likeness (QED) is 0.622. The molecule has 0 aliphatic carbocycles. The van der Waals surface area contributed by atoms with Crippen molar-refractivity contribution in [3.05, 3.63) is 0 Å². The van der Waals surface area contributed by atoms with E-state index in [1.54, 1.807) is 0 Å². The number of hydrogen-bond acceptors (Lipinski definition) is 3. The minimum absolute atomic E-state index is 0.327. The maximum absolute atomic E-state index is 6.22. The van der Waals surface area contributed by atoms with E-state index < -0.39 is 8.32 Å². The molecule has 1 rings (SSSR count). The second-order valence-corrected chi connectivity index (χ2v) is 11.7. The summed E-state index contributed by atoms with van der Waals surface area (Å²) in [7, 11) is -1.54. The van der Waals surface area contributed by atoms with E-state index in [1.807, 2.05) is 5.01 Å². The minimum Gasteiger partial charge on any atom is -0.417 e. The molecular weight excluding hydrogens is 228 g/mol. The van der Waals surface area contributed by atoms with Crippen molar-refractivity contribution in [2.75, 3.05) is 19.7 Å². The van der Waals surface area contributed by atoms with Gasteiger partial charge in [0.05, 0.1) is 0 Å². The van der Waals surface area contributed by atoms with Gasteiger partial charge in [0.15, 0.2) is 8.32 Å². The highest BCUT2D eigenvalue weighted by Crippen LogP contribution is 2.36. The van der Waals surface area contributed by atoms with Gasteiger partial charge in [-0.15, -0.1) is 0 Å². The molecule has 0 amide bonds. The molecule has 2 N–H and O–H groups in total. The topological polar surface area (TPSA) is 38.5 Å². The Morgan fingerprint density at radius 3 is 2.24 bits per heavy atom. The molecule has 1 aliphatic heterocycles. The van der Waals surface area contributed by atoms with Crippen LogP contribution in [0.4, 0.5) is 0 Å². The van der Waals surface area contributed by atoms with Crippen LogP contribution in [-0.2, 0) is 4.43 Å². The molecule has 1 saturated heterocycles. The molecule has 0 aromatic heterocycles. The van der Waals surface area contributed by atoms with Crippen molar-refractivity contribution in [3.8, 4) is 0 Å². The van der Waals surface area contributed by atoms with E-state index in [0.717, 1.165) is 25.6 Å². The van der Waals surface area contributed by atoms with Gasteiger partial charge in [-0.1, -0.05) is 20.8 Å². The number of nitrogens with zero attached hydrogens (tertiary/aromatic N) is 1. The van der Waals surface area contributed by atoms with E-state index in [2.05, 4.69) is 33.9 Å². The van der Waals surface area contributed by atoms with Crippen molar-refractivity contribution in [2.24, 2.45) is 11.8 Å². The molecule has 4 heteroatoms. The molecule has 3 nitrogen and oxygen atoms in total. The molecule has 0 radical (unpaired) electrons. The Morgan fingerprint density at radius 1 is 1.24 bits per heavy atom. The Balaban J connectivity index is 2.24. The van der Waals surface area contributed by atoms with Gasteiger partial charge in [0, 0.05) is 19.7 Å². The van der Waals surface area contributed by atoms with E-state index in [0.29, 0.717) is 5.04 Å². The highest BCUT2D eigenvalue weighted by atomic mass is 28.4. The standard InChI is InChI=1S/C13H30N2OSi/c1-13(2,3)17(4,5)16-11-8-12-6-9-15(14)10-7-12/h12H,6-11,14H2,1-5H3. The van der Waals surface area contributed by atoms with E-state index >= 15 is 0 Å². The second kappa shape index (κ2) is 5.82. The van der Waals surface area contributed by atoms with E-state index in [1.165, 1.54) is 19.3 Å². The van der Waals surface area contributed by atoms with Crippen LogP contribution >= 0.6 is 0 Å². The molecule has 0 aromatic carbocycles. The Kier molecular flexibility index (Phi) is 5.19.